The molecule has 196 valence electrons. The van der Waals surface area contributed by atoms with Crippen LogP contribution >= 0.6 is 0 Å². The molecule has 0 fully saturated rings. The van der Waals surface area contributed by atoms with Crippen LogP contribution in [0.3, 0.4) is 0 Å². The number of benzene rings is 6. The highest BCUT2D eigenvalue weighted by Gasteiger charge is 2.14. The summed E-state index contributed by atoms with van der Waals surface area (Å²) < 4.78 is 0. The summed E-state index contributed by atoms with van der Waals surface area (Å²) in [4.78, 5) is 14.7. The first kappa shape index (κ1) is 25.1. The first-order chi connectivity index (χ1) is 20.8. The van der Waals surface area contributed by atoms with E-state index >= 15 is 0 Å². The van der Waals surface area contributed by atoms with E-state index in [-0.39, 0.29) is 0 Å². The molecule has 0 bridgehead atoms. The monoisotopic (exact) mass is 536 g/mol. The van der Waals surface area contributed by atoms with Gasteiger partial charge in [0, 0.05) is 16.7 Å². The van der Waals surface area contributed by atoms with Crippen LogP contribution in [-0.4, -0.2) is 15.0 Å². The molecule has 1 aromatic heterocycles. The Bertz CT molecular complexity index is 2020. The van der Waals surface area contributed by atoms with Crippen LogP contribution in [0.25, 0.3) is 67.2 Å². The topological polar surface area (TPSA) is 62.5 Å². The van der Waals surface area contributed by atoms with Gasteiger partial charge in [-0.3, -0.25) is 0 Å². The highest BCUT2D eigenvalue weighted by Crippen LogP contribution is 2.36. The van der Waals surface area contributed by atoms with Crippen molar-refractivity contribution in [2.45, 2.75) is 0 Å². The summed E-state index contributed by atoms with van der Waals surface area (Å²) in [7, 11) is 0. The van der Waals surface area contributed by atoms with Crippen LogP contribution in [0.2, 0.25) is 0 Å². The molecular weight excluding hydrogens is 512 g/mol. The summed E-state index contributed by atoms with van der Waals surface area (Å²) >= 11 is 0. The van der Waals surface area contributed by atoms with E-state index in [1.54, 1.807) is 0 Å². The molecule has 4 heteroatoms. The second-order valence-electron chi connectivity index (χ2n) is 10.0. The minimum Gasteiger partial charge on any atom is -0.208 e. The molecule has 0 saturated carbocycles. The number of hydrogen-bond donors (Lipinski definition) is 0. The van der Waals surface area contributed by atoms with Crippen molar-refractivity contribution in [3.63, 3.8) is 0 Å². The normalized spacial score (nSPS) is 10.8. The second kappa shape index (κ2) is 10.9. The Morgan fingerprint density at radius 3 is 1.38 bits per heavy atom. The maximum atomic E-state index is 9.22. The molecule has 4 nitrogen and oxygen atoms in total. The smallest absolute Gasteiger partial charge is 0.164 e. The second-order valence-corrected chi connectivity index (χ2v) is 10.0. The predicted molar refractivity (Wildman–Crippen MR) is 169 cm³/mol. The standard InChI is InChI=1S/C38H24N4/c39-25-26-20-22-27(23-21-26)32-16-8-19-35-33(17-9-18-34(32)35)30-14-7-15-31(24-30)38-41-36(28-10-3-1-4-11-28)40-37(42-38)29-12-5-2-6-13-29/h1-24H. The van der Waals surface area contributed by atoms with E-state index in [0.29, 0.717) is 23.0 Å². The van der Waals surface area contributed by atoms with Crippen molar-refractivity contribution in [3.05, 3.63) is 151 Å². The van der Waals surface area contributed by atoms with E-state index in [9.17, 15) is 5.26 Å². The average molecular weight is 537 g/mol. The molecule has 0 spiro atoms. The number of fused-ring (bicyclic) bond motifs is 1. The Balaban J connectivity index is 1.35. The first-order valence-corrected chi connectivity index (χ1v) is 13.8. The van der Waals surface area contributed by atoms with Gasteiger partial charge in [-0.15, -0.1) is 0 Å². The Labute approximate surface area is 244 Å². The van der Waals surface area contributed by atoms with Crippen LogP contribution in [0.15, 0.2) is 146 Å². The first-order valence-electron chi connectivity index (χ1n) is 13.8. The molecule has 6 aromatic carbocycles. The van der Waals surface area contributed by atoms with E-state index in [4.69, 9.17) is 15.0 Å². The summed E-state index contributed by atoms with van der Waals surface area (Å²) in [6, 6.07) is 51.2. The van der Waals surface area contributed by atoms with Crippen molar-refractivity contribution in [3.8, 4) is 62.5 Å². The van der Waals surface area contributed by atoms with Crippen LogP contribution < -0.4 is 0 Å². The van der Waals surface area contributed by atoms with Crippen LogP contribution in [-0.2, 0) is 0 Å². The molecule has 7 rings (SSSR count). The number of aromatic nitrogens is 3. The van der Waals surface area contributed by atoms with Crippen molar-refractivity contribution >= 4 is 10.8 Å². The van der Waals surface area contributed by atoms with E-state index < -0.39 is 0 Å². The summed E-state index contributed by atoms with van der Waals surface area (Å²) in [6.45, 7) is 0. The fraction of sp³-hybridized carbons (Fsp3) is 0. The molecule has 0 atom stereocenters. The van der Waals surface area contributed by atoms with E-state index in [1.165, 1.54) is 0 Å². The Hall–Kier alpha value is -5.92. The lowest BCUT2D eigenvalue weighted by molar-refractivity contribution is 1.07. The summed E-state index contributed by atoms with van der Waals surface area (Å²) in [5.41, 5.74) is 7.89. The molecule has 0 amide bonds. The van der Waals surface area contributed by atoms with Crippen LogP contribution in [0.5, 0.6) is 0 Å². The number of rotatable bonds is 5. The third kappa shape index (κ3) is 4.81. The lowest BCUT2D eigenvalue weighted by atomic mass is 9.92. The van der Waals surface area contributed by atoms with E-state index in [1.807, 2.05) is 84.9 Å². The van der Waals surface area contributed by atoms with Gasteiger partial charge in [-0.1, -0.05) is 127 Å². The molecule has 0 aliphatic heterocycles. The lowest BCUT2D eigenvalue weighted by Crippen LogP contribution is -2.00. The van der Waals surface area contributed by atoms with Gasteiger partial charge in [-0.05, 0) is 51.2 Å². The van der Waals surface area contributed by atoms with Gasteiger partial charge in [0.2, 0.25) is 0 Å². The zero-order valence-electron chi connectivity index (χ0n) is 22.6. The minimum absolute atomic E-state index is 0.628. The average Bonchev–Trinajstić information content (AvgIpc) is 3.08. The maximum Gasteiger partial charge on any atom is 0.164 e. The third-order valence-corrected chi connectivity index (χ3v) is 7.38. The zero-order chi connectivity index (χ0) is 28.3. The number of nitrogens with zero attached hydrogens (tertiary/aromatic N) is 4. The van der Waals surface area contributed by atoms with Crippen molar-refractivity contribution in [2.24, 2.45) is 0 Å². The van der Waals surface area contributed by atoms with Gasteiger partial charge in [0.05, 0.1) is 11.6 Å². The molecule has 0 aliphatic rings. The molecule has 0 aliphatic carbocycles. The fourth-order valence-corrected chi connectivity index (χ4v) is 5.30. The molecule has 0 unspecified atom stereocenters. The van der Waals surface area contributed by atoms with Crippen LogP contribution in [0.4, 0.5) is 0 Å². The molecule has 0 saturated heterocycles. The van der Waals surface area contributed by atoms with Gasteiger partial charge < -0.3 is 0 Å². The van der Waals surface area contributed by atoms with E-state index in [0.717, 1.165) is 49.7 Å². The zero-order valence-corrected chi connectivity index (χ0v) is 22.6. The molecule has 0 N–H and O–H groups in total. The predicted octanol–water partition coefficient (Wildman–Crippen LogP) is 9.23. The van der Waals surface area contributed by atoms with Crippen molar-refractivity contribution < 1.29 is 0 Å². The molecule has 1 heterocycles. The van der Waals surface area contributed by atoms with Gasteiger partial charge in [0.25, 0.3) is 0 Å². The fourth-order valence-electron chi connectivity index (χ4n) is 5.30. The summed E-state index contributed by atoms with van der Waals surface area (Å²) in [5.74, 6) is 1.91. The Morgan fingerprint density at radius 1 is 0.381 bits per heavy atom. The summed E-state index contributed by atoms with van der Waals surface area (Å²) in [5, 5.41) is 11.5. The molecule has 42 heavy (non-hydrogen) atoms. The highest BCUT2D eigenvalue weighted by atomic mass is 15.0. The summed E-state index contributed by atoms with van der Waals surface area (Å²) in [6.07, 6.45) is 0. The largest absolute Gasteiger partial charge is 0.208 e. The molecule has 7 aromatic rings. The Morgan fingerprint density at radius 2 is 0.833 bits per heavy atom. The van der Waals surface area contributed by atoms with Crippen molar-refractivity contribution in [1.82, 2.24) is 15.0 Å². The number of nitriles is 1. The van der Waals surface area contributed by atoms with Crippen LogP contribution in [0.1, 0.15) is 5.56 Å². The third-order valence-electron chi connectivity index (χ3n) is 7.38. The van der Waals surface area contributed by atoms with Crippen molar-refractivity contribution in [2.75, 3.05) is 0 Å². The number of hydrogen-bond acceptors (Lipinski definition) is 4. The van der Waals surface area contributed by atoms with Gasteiger partial charge in [0.1, 0.15) is 0 Å². The lowest BCUT2D eigenvalue weighted by Gasteiger charge is -2.13. The van der Waals surface area contributed by atoms with E-state index in [2.05, 4.69) is 66.7 Å². The van der Waals surface area contributed by atoms with Gasteiger partial charge in [-0.25, -0.2) is 15.0 Å². The molecule has 0 radical (unpaired) electrons. The minimum atomic E-state index is 0.628. The quantitative estimate of drug-likeness (QED) is 0.220. The highest BCUT2D eigenvalue weighted by molar-refractivity contribution is 6.04. The molecular formula is C38H24N4. The van der Waals surface area contributed by atoms with Crippen molar-refractivity contribution in [1.29, 1.82) is 5.26 Å². The SMILES string of the molecule is N#Cc1ccc(-c2cccc3c(-c4cccc(-c5nc(-c6ccccc6)nc(-c6ccccc6)n5)c4)cccc23)cc1. The van der Waals surface area contributed by atoms with Gasteiger partial charge in [-0.2, -0.15) is 5.26 Å². The van der Waals surface area contributed by atoms with Crippen LogP contribution in [0, 0.1) is 11.3 Å². The van der Waals surface area contributed by atoms with Gasteiger partial charge in [0.15, 0.2) is 17.5 Å². The maximum absolute atomic E-state index is 9.22. The Kier molecular flexibility index (Phi) is 6.52. The van der Waals surface area contributed by atoms with Gasteiger partial charge >= 0.3 is 0 Å².